The van der Waals surface area contributed by atoms with Crippen molar-refractivity contribution in [1.29, 1.82) is 0 Å². The van der Waals surface area contributed by atoms with Crippen LogP contribution in [0, 0.1) is 6.92 Å². The number of anilines is 1. The van der Waals surface area contributed by atoms with Gasteiger partial charge in [-0.1, -0.05) is 12.1 Å². The van der Waals surface area contributed by atoms with Gasteiger partial charge in [0.2, 0.25) is 0 Å². The van der Waals surface area contributed by atoms with Crippen LogP contribution in [0.3, 0.4) is 0 Å². The van der Waals surface area contributed by atoms with Crippen LogP contribution in [0.4, 0.5) is 19.0 Å². The van der Waals surface area contributed by atoms with E-state index in [9.17, 15) is 13.2 Å². The van der Waals surface area contributed by atoms with Crippen molar-refractivity contribution < 1.29 is 13.2 Å². The molecule has 0 amide bonds. The summed E-state index contributed by atoms with van der Waals surface area (Å²) in [6.07, 6.45) is -2.82. The zero-order valence-electron chi connectivity index (χ0n) is 13.0. The molecule has 3 rings (SSSR count). The average Bonchev–Trinajstić information content (AvgIpc) is 3.03. The molecular formula is C15H15F3N6. The van der Waals surface area contributed by atoms with Crippen molar-refractivity contribution >= 4 is 5.82 Å². The van der Waals surface area contributed by atoms with Gasteiger partial charge in [0.15, 0.2) is 5.82 Å². The second-order valence-electron chi connectivity index (χ2n) is 5.42. The molecule has 6 nitrogen and oxygen atoms in total. The Bertz CT molecular complexity index is 878. The Labute approximate surface area is 135 Å². The molecule has 0 aliphatic rings. The summed E-state index contributed by atoms with van der Waals surface area (Å²) < 4.78 is 41.8. The predicted octanol–water partition coefficient (Wildman–Crippen LogP) is 2.64. The minimum absolute atomic E-state index is 0.201. The van der Waals surface area contributed by atoms with Gasteiger partial charge in [0.1, 0.15) is 11.6 Å². The molecule has 0 aliphatic heterocycles. The Kier molecular flexibility index (Phi) is 3.78. The molecule has 24 heavy (non-hydrogen) atoms. The van der Waals surface area contributed by atoms with Crippen molar-refractivity contribution in [3.05, 3.63) is 47.4 Å². The zero-order chi connectivity index (χ0) is 17.5. The summed E-state index contributed by atoms with van der Waals surface area (Å²) >= 11 is 0. The molecule has 9 heteroatoms. The largest absolute Gasteiger partial charge is 0.416 e. The number of benzene rings is 1. The molecule has 0 saturated carbocycles. The normalized spacial score (nSPS) is 11.9. The van der Waals surface area contributed by atoms with Crippen LogP contribution in [0.15, 0.2) is 30.5 Å². The highest BCUT2D eigenvalue weighted by molar-refractivity contribution is 5.68. The summed E-state index contributed by atoms with van der Waals surface area (Å²) in [5, 5.41) is 12.2. The third kappa shape index (κ3) is 2.84. The Morgan fingerprint density at radius 3 is 2.58 bits per heavy atom. The van der Waals surface area contributed by atoms with Gasteiger partial charge >= 0.3 is 6.18 Å². The van der Waals surface area contributed by atoms with Gasteiger partial charge in [-0.2, -0.15) is 18.3 Å². The van der Waals surface area contributed by atoms with E-state index in [2.05, 4.69) is 15.3 Å². The van der Waals surface area contributed by atoms with Crippen LogP contribution in [0.2, 0.25) is 0 Å². The lowest BCUT2D eigenvalue weighted by Crippen LogP contribution is -2.09. The Hall–Kier alpha value is -2.84. The van der Waals surface area contributed by atoms with Crippen LogP contribution >= 0.6 is 0 Å². The van der Waals surface area contributed by atoms with Crippen molar-refractivity contribution in [1.82, 2.24) is 24.5 Å². The fourth-order valence-electron chi connectivity index (χ4n) is 2.42. The minimum Gasteiger partial charge on any atom is -0.383 e. The van der Waals surface area contributed by atoms with Crippen molar-refractivity contribution in [2.45, 2.75) is 19.6 Å². The SMILES string of the molecule is Cc1nnc(-c2cnn(C)c2N)n1Cc1cccc(C(F)(F)F)c1. The molecule has 3 aromatic rings. The molecule has 0 fully saturated rings. The number of alkyl halides is 3. The van der Waals surface area contributed by atoms with Crippen LogP contribution in [0.5, 0.6) is 0 Å². The molecule has 2 N–H and O–H groups in total. The van der Waals surface area contributed by atoms with Gasteiger partial charge in [0.05, 0.1) is 23.9 Å². The fraction of sp³-hybridized carbons (Fsp3) is 0.267. The van der Waals surface area contributed by atoms with E-state index in [0.29, 0.717) is 28.6 Å². The minimum atomic E-state index is -4.38. The van der Waals surface area contributed by atoms with E-state index in [1.54, 1.807) is 30.8 Å². The Balaban J connectivity index is 2.00. The van der Waals surface area contributed by atoms with E-state index in [0.717, 1.165) is 12.1 Å². The van der Waals surface area contributed by atoms with Gasteiger partial charge in [-0.25, -0.2) is 0 Å². The first-order valence-corrected chi connectivity index (χ1v) is 7.11. The first-order valence-electron chi connectivity index (χ1n) is 7.11. The summed E-state index contributed by atoms with van der Waals surface area (Å²) in [5.41, 5.74) is 6.36. The molecule has 2 aromatic heterocycles. The number of halogens is 3. The standard InChI is InChI=1S/C15H15F3N6/c1-9-21-22-14(12-7-20-23(2)13(12)19)24(9)8-10-4-3-5-11(6-10)15(16,17)18/h3-7H,8,19H2,1-2H3. The predicted molar refractivity (Wildman–Crippen MR) is 81.9 cm³/mol. The molecule has 2 heterocycles. The van der Waals surface area contributed by atoms with Crippen LogP contribution in [-0.2, 0) is 19.8 Å². The molecule has 0 aliphatic carbocycles. The summed E-state index contributed by atoms with van der Waals surface area (Å²) in [7, 11) is 1.69. The number of aryl methyl sites for hydroxylation is 2. The van der Waals surface area contributed by atoms with Crippen molar-refractivity contribution in [3.8, 4) is 11.4 Å². The van der Waals surface area contributed by atoms with Gasteiger partial charge in [-0.05, 0) is 24.6 Å². The second-order valence-corrected chi connectivity index (χ2v) is 5.42. The molecule has 0 atom stereocenters. The lowest BCUT2D eigenvalue weighted by atomic mass is 10.1. The van der Waals surface area contributed by atoms with E-state index >= 15 is 0 Å². The van der Waals surface area contributed by atoms with E-state index in [-0.39, 0.29) is 6.54 Å². The highest BCUT2D eigenvalue weighted by Crippen LogP contribution is 2.30. The van der Waals surface area contributed by atoms with Gasteiger partial charge < -0.3 is 10.3 Å². The lowest BCUT2D eigenvalue weighted by Gasteiger charge is -2.11. The van der Waals surface area contributed by atoms with E-state index < -0.39 is 11.7 Å². The van der Waals surface area contributed by atoms with Crippen molar-refractivity contribution in [3.63, 3.8) is 0 Å². The number of aromatic nitrogens is 5. The molecule has 0 radical (unpaired) electrons. The number of nitrogens with two attached hydrogens (primary N) is 1. The van der Waals surface area contributed by atoms with Crippen LogP contribution < -0.4 is 5.73 Å². The number of rotatable bonds is 3. The maximum absolute atomic E-state index is 12.9. The molecular weight excluding hydrogens is 321 g/mol. The number of nitrogen functional groups attached to an aromatic ring is 1. The first kappa shape index (κ1) is 16.0. The summed E-state index contributed by atoms with van der Waals surface area (Å²) in [6, 6.07) is 5.18. The highest BCUT2D eigenvalue weighted by Gasteiger charge is 2.30. The zero-order valence-corrected chi connectivity index (χ0v) is 13.0. The summed E-state index contributed by atoms with van der Waals surface area (Å²) in [6.45, 7) is 1.93. The van der Waals surface area contributed by atoms with Gasteiger partial charge in [0.25, 0.3) is 0 Å². The van der Waals surface area contributed by atoms with E-state index in [1.165, 1.54) is 10.7 Å². The average molecular weight is 336 g/mol. The maximum atomic E-state index is 12.9. The van der Waals surface area contributed by atoms with Crippen molar-refractivity contribution in [2.24, 2.45) is 7.05 Å². The van der Waals surface area contributed by atoms with Gasteiger partial charge in [-0.3, -0.25) is 4.68 Å². The highest BCUT2D eigenvalue weighted by atomic mass is 19.4. The number of nitrogens with zero attached hydrogens (tertiary/aromatic N) is 5. The molecule has 0 unspecified atom stereocenters. The first-order chi connectivity index (χ1) is 11.3. The smallest absolute Gasteiger partial charge is 0.383 e. The van der Waals surface area contributed by atoms with E-state index in [1.807, 2.05) is 0 Å². The second kappa shape index (κ2) is 5.66. The van der Waals surface area contributed by atoms with Crippen LogP contribution in [0.1, 0.15) is 17.0 Å². The molecule has 0 spiro atoms. The molecule has 0 saturated heterocycles. The summed E-state index contributed by atoms with van der Waals surface area (Å²) in [5.74, 6) is 1.45. The third-order valence-corrected chi connectivity index (χ3v) is 3.76. The summed E-state index contributed by atoms with van der Waals surface area (Å²) in [4.78, 5) is 0. The molecule has 1 aromatic carbocycles. The number of hydrogen-bond acceptors (Lipinski definition) is 4. The van der Waals surface area contributed by atoms with Crippen LogP contribution in [-0.4, -0.2) is 24.5 Å². The van der Waals surface area contributed by atoms with Crippen LogP contribution in [0.25, 0.3) is 11.4 Å². The number of hydrogen-bond donors (Lipinski definition) is 1. The van der Waals surface area contributed by atoms with Gasteiger partial charge in [0, 0.05) is 7.05 Å². The van der Waals surface area contributed by atoms with Gasteiger partial charge in [-0.15, -0.1) is 10.2 Å². The third-order valence-electron chi connectivity index (χ3n) is 3.76. The monoisotopic (exact) mass is 336 g/mol. The quantitative estimate of drug-likeness (QED) is 0.798. The maximum Gasteiger partial charge on any atom is 0.416 e. The van der Waals surface area contributed by atoms with Crippen molar-refractivity contribution in [2.75, 3.05) is 5.73 Å². The Morgan fingerprint density at radius 2 is 1.96 bits per heavy atom. The fourth-order valence-corrected chi connectivity index (χ4v) is 2.42. The topological polar surface area (TPSA) is 74.6 Å². The Morgan fingerprint density at radius 1 is 1.21 bits per heavy atom. The molecule has 0 bridgehead atoms. The lowest BCUT2D eigenvalue weighted by molar-refractivity contribution is -0.137. The van der Waals surface area contributed by atoms with E-state index in [4.69, 9.17) is 5.73 Å². The molecule has 126 valence electrons.